The zero-order chi connectivity index (χ0) is 12.0. The topological polar surface area (TPSA) is 49.7 Å². The molecule has 16 heavy (non-hydrogen) atoms. The van der Waals surface area contributed by atoms with Crippen molar-refractivity contribution in [3.63, 3.8) is 0 Å². The average Bonchev–Trinajstić information content (AvgIpc) is 2.29. The molecule has 2 rings (SSSR count). The fraction of sp³-hybridized carbons (Fsp3) is 0.0909. The quantitative estimate of drug-likeness (QED) is 0.713. The van der Waals surface area contributed by atoms with Gasteiger partial charge < -0.3 is 14.8 Å². The van der Waals surface area contributed by atoms with Crippen molar-refractivity contribution in [2.75, 3.05) is 7.11 Å². The van der Waals surface area contributed by atoms with Gasteiger partial charge in [0.25, 0.3) is 0 Å². The van der Waals surface area contributed by atoms with Gasteiger partial charge in [-0.15, -0.1) is 0 Å². The minimum absolute atomic E-state index is 0.290. The van der Waals surface area contributed by atoms with E-state index in [2.05, 4.69) is 0 Å². The van der Waals surface area contributed by atoms with E-state index in [1.807, 2.05) is 24.3 Å². The molecule has 2 aromatic carbocycles. The Morgan fingerprint density at radius 2 is 1.62 bits per heavy atom. The minimum atomic E-state index is -0.750. The van der Waals surface area contributed by atoms with Gasteiger partial charge in [0.15, 0.2) is 11.6 Å². The number of benzene rings is 2. The fourth-order valence-electron chi connectivity index (χ4n) is 1.35. The Kier molecular flexibility index (Phi) is 4.76. The molecule has 0 fully saturated rings. The molecule has 0 amide bonds. The molecule has 0 saturated heterocycles. The van der Waals surface area contributed by atoms with Gasteiger partial charge in [0.1, 0.15) is 0 Å². The molecule has 84 valence electrons. The van der Waals surface area contributed by atoms with Crippen molar-refractivity contribution in [1.82, 2.24) is 0 Å². The smallest absolute Gasteiger partial charge is 0.432 e. The highest BCUT2D eigenvalue weighted by Crippen LogP contribution is 2.23. The Balaban J connectivity index is 0.000000386. The predicted octanol–water partition coefficient (Wildman–Crippen LogP) is 1.23. The van der Waals surface area contributed by atoms with Crippen LogP contribution >= 0.6 is 0 Å². The van der Waals surface area contributed by atoms with Crippen molar-refractivity contribution in [3.05, 3.63) is 42.2 Å². The summed E-state index contributed by atoms with van der Waals surface area (Å²) in [7, 11) is 0.715. The SMILES string of the molecule is COc1cc2ccccc2cc1F.OBO. The molecule has 0 saturated carbocycles. The number of ether oxygens (including phenoxy) is 1. The van der Waals surface area contributed by atoms with E-state index in [4.69, 9.17) is 14.8 Å². The second kappa shape index (κ2) is 6.10. The van der Waals surface area contributed by atoms with Gasteiger partial charge in [0.05, 0.1) is 7.11 Å². The molecule has 3 nitrogen and oxygen atoms in total. The molecule has 0 aliphatic carbocycles. The van der Waals surface area contributed by atoms with Crippen LogP contribution in [0.1, 0.15) is 0 Å². The van der Waals surface area contributed by atoms with Crippen LogP contribution in [0.2, 0.25) is 0 Å². The first-order valence-corrected chi connectivity index (χ1v) is 4.67. The van der Waals surface area contributed by atoms with E-state index in [0.29, 0.717) is 5.75 Å². The zero-order valence-corrected chi connectivity index (χ0v) is 8.85. The third kappa shape index (κ3) is 2.95. The lowest BCUT2D eigenvalue weighted by Gasteiger charge is -2.03. The zero-order valence-electron chi connectivity index (χ0n) is 8.85. The van der Waals surface area contributed by atoms with Crippen molar-refractivity contribution in [1.29, 1.82) is 0 Å². The number of hydrogen-bond donors (Lipinski definition) is 2. The fourth-order valence-corrected chi connectivity index (χ4v) is 1.35. The molecular formula is C11H12BFO3. The summed E-state index contributed by atoms with van der Waals surface area (Å²) in [6.07, 6.45) is 0. The first kappa shape index (κ1) is 12.5. The Morgan fingerprint density at radius 3 is 2.12 bits per heavy atom. The van der Waals surface area contributed by atoms with Crippen molar-refractivity contribution in [2.45, 2.75) is 0 Å². The Bertz CT molecular complexity index is 462. The first-order valence-electron chi connectivity index (χ1n) is 4.67. The van der Waals surface area contributed by atoms with E-state index in [9.17, 15) is 4.39 Å². The van der Waals surface area contributed by atoms with Crippen LogP contribution < -0.4 is 4.74 Å². The van der Waals surface area contributed by atoms with E-state index in [1.54, 1.807) is 6.07 Å². The van der Waals surface area contributed by atoms with Crippen LogP contribution in [-0.4, -0.2) is 24.8 Å². The molecule has 2 aromatic rings. The Hall–Kier alpha value is -1.59. The van der Waals surface area contributed by atoms with E-state index in [0.717, 1.165) is 10.8 Å². The third-order valence-electron chi connectivity index (χ3n) is 2.02. The van der Waals surface area contributed by atoms with Crippen LogP contribution in [0.25, 0.3) is 10.8 Å². The van der Waals surface area contributed by atoms with E-state index < -0.39 is 7.69 Å². The summed E-state index contributed by atoms with van der Waals surface area (Å²) in [5.74, 6) is -0.0279. The highest BCUT2D eigenvalue weighted by molar-refractivity contribution is 6.13. The van der Waals surface area contributed by atoms with Crippen LogP contribution in [-0.2, 0) is 0 Å². The molecule has 0 aliphatic rings. The van der Waals surface area contributed by atoms with E-state index >= 15 is 0 Å². The lowest BCUT2D eigenvalue weighted by Crippen LogP contribution is -1.87. The standard InChI is InChI=1S/C11H9FO.BH3O2/c1-13-11-7-9-5-3-2-4-8(9)6-10(11)12;2-1-3/h2-7H,1H3;1-3H. The lowest BCUT2D eigenvalue weighted by atomic mass is 10.1. The van der Waals surface area contributed by atoms with Gasteiger partial charge in [-0.3, -0.25) is 0 Å². The monoisotopic (exact) mass is 222 g/mol. The molecular weight excluding hydrogens is 210 g/mol. The second-order valence-electron chi connectivity index (χ2n) is 2.98. The van der Waals surface area contributed by atoms with E-state index in [-0.39, 0.29) is 5.82 Å². The largest absolute Gasteiger partial charge is 0.494 e. The number of fused-ring (bicyclic) bond motifs is 1. The maximum atomic E-state index is 13.2. The van der Waals surface area contributed by atoms with Gasteiger partial charge >= 0.3 is 7.69 Å². The average molecular weight is 222 g/mol. The van der Waals surface area contributed by atoms with Crippen molar-refractivity contribution < 1.29 is 19.2 Å². The molecule has 0 aliphatic heterocycles. The van der Waals surface area contributed by atoms with Crippen LogP contribution in [0, 0.1) is 5.82 Å². The highest BCUT2D eigenvalue weighted by Gasteiger charge is 2.03. The maximum Gasteiger partial charge on any atom is 0.432 e. The molecule has 0 radical (unpaired) electrons. The van der Waals surface area contributed by atoms with Crippen LogP contribution in [0.5, 0.6) is 5.75 Å². The Labute approximate surface area is 93.4 Å². The van der Waals surface area contributed by atoms with Crippen LogP contribution in [0.15, 0.2) is 36.4 Å². The molecule has 0 unspecified atom stereocenters. The highest BCUT2D eigenvalue weighted by atomic mass is 19.1. The summed E-state index contributed by atoms with van der Waals surface area (Å²) < 4.78 is 18.1. The summed E-state index contributed by atoms with van der Waals surface area (Å²) in [4.78, 5) is 0. The van der Waals surface area contributed by atoms with Gasteiger partial charge in [-0.1, -0.05) is 24.3 Å². The van der Waals surface area contributed by atoms with Crippen LogP contribution in [0.4, 0.5) is 4.39 Å². The van der Waals surface area contributed by atoms with Gasteiger partial charge in [-0.2, -0.15) is 0 Å². The minimum Gasteiger partial charge on any atom is -0.494 e. The number of halogens is 1. The van der Waals surface area contributed by atoms with Gasteiger partial charge in [-0.25, -0.2) is 4.39 Å². The van der Waals surface area contributed by atoms with Gasteiger partial charge in [-0.05, 0) is 22.9 Å². The van der Waals surface area contributed by atoms with Crippen molar-refractivity contribution in [2.24, 2.45) is 0 Å². The molecule has 0 heterocycles. The molecule has 2 N–H and O–H groups in total. The lowest BCUT2D eigenvalue weighted by molar-refractivity contribution is 0.387. The number of methoxy groups -OCH3 is 1. The molecule has 0 aromatic heterocycles. The molecule has 0 atom stereocenters. The normalized spacial score (nSPS) is 9.25. The van der Waals surface area contributed by atoms with E-state index in [1.165, 1.54) is 13.2 Å². The number of rotatable bonds is 1. The third-order valence-corrected chi connectivity index (χ3v) is 2.02. The van der Waals surface area contributed by atoms with Crippen molar-refractivity contribution >= 4 is 18.5 Å². The summed E-state index contributed by atoms with van der Waals surface area (Å²) in [5, 5.41) is 16.1. The first-order chi connectivity index (χ1) is 7.72. The summed E-state index contributed by atoms with van der Waals surface area (Å²) in [6, 6.07) is 10.8. The summed E-state index contributed by atoms with van der Waals surface area (Å²) >= 11 is 0. The van der Waals surface area contributed by atoms with Gasteiger partial charge in [0.2, 0.25) is 0 Å². The van der Waals surface area contributed by atoms with Gasteiger partial charge in [0, 0.05) is 0 Å². The summed E-state index contributed by atoms with van der Waals surface area (Å²) in [5.41, 5.74) is 0. The molecule has 5 heteroatoms. The number of hydrogen-bond acceptors (Lipinski definition) is 3. The Morgan fingerprint density at radius 1 is 1.12 bits per heavy atom. The van der Waals surface area contributed by atoms with Crippen molar-refractivity contribution in [3.8, 4) is 5.75 Å². The summed E-state index contributed by atoms with van der Waals surface area (Å²) in [6.45, 7) is 0. The molecule has 0 bridgehead atoms. The maximum absolute atomic E-state index is 13.2. The molecule has 0 spiro atoms. The van der Waals surface area contributed by atoms with Crippen LogP contribution in [0.3, 0.4) is 0 Å². The second-order valence-corrected chi connectivity index (χ2v) is 2.98. The predicted molar refractivity (Wildman–Crippen MR) is 62.0 cm³/mol.